The van der Waals surface area contributed by atoms with Gasteiger partial charge in [-0.05, 0) is 36.8 Å². The molecule has 0 unspecified atom stereocenters. The summed E-state index contributed by atoms with van der Waals surface area (Å²) in [6.07, 6.45) is 0. The van der Waals surface area contributed by atoms with Crippen LogP contribution in [0.3, 0.4) is 0 Å². The Balaban J connectivity index is 1.95. The summed E-state index contributed by atoms with van der Waals surface area (Å²) in [5, 5.41) is 11.1. The number of nitrogens with zero attached hydrogens (tertiary/aromatic N) is 2. The molecule has 1 heterocycles. The predicted molar refractivity (Wildman–Crippen MR) is 87.6 cm³/mol. The zero-order valence-electron chi connectivity index (χ0n) is 13.1. The molecule has 0 bridgehead atoms. The number of aromatic nitrogens is 2. The summed E-state index contributed by atoms with van der Waals surface area (Å²) < 4.78 is 31.4. The van der Waals surface area contributed by atoms with Crippen LogP contribution in [-0.4, -0.2) is 38.9 Å². The molecule has 0 aliphatic rings. The number of rotatable bonds is 8. The van der Waals surface area contributed by atoms with Crippen LogP contribution in [0.15, 0.2) is 41.3 Å². The first-order valence-corrected chi connectivity index (χ1v) is 8.61. The van der Waals surface area contributed by atoms with Crippen LogP contribution in [-0.2, 0) is 21.3 Å². The largest absolute Gasteiger partial charge is 0.383 e. The van der Waals surface area contributed by atoms with E-state index in [2.05, 4.69) is 20.2 Å². The molecule has 0 spiro atoms. The van der Waals surface area contributed by atoms with Crippen LogP contribution in [0.2, 0.25) is 0 Å². The average molecular weight is 336 g/mol. The van der Waals surface area contributed by atoms with Crippen molar-refractivity contribution in [1.29, 1.82) is 0 Å². The fraction of sp³-hybridized carbons (Fsp3) is 0.333. The van der Waals surface area contributed by atoms with E-state index in [1.54, 1.807) is 24.3 Å². The number of methoxy groups -OCH3 is 1. The lowest BCUT2D eigenvalue weighted by Crippen LogP contribution is -2.27. The topological polar surface area (TPSA) is 93.2 Å². The fourth-order valence-electron chi connectivity index (χ4n) is 1.83. The first-order chi connectivity index (χ1) is 11.0. The lowest BCUT2D eigenvalue weighted by Gasteiger charge is -2.08. The van der Waals surface area contributed by atoms with E-state index in [0.29, 0.717) is 19.0 Å². The standard InChI is InChI=1S/C15H20N4O3S/c1-12-3-8-15(19-18-12)16-11-13-4-6-14(7-5-13)23(20,21)17-9-10-22-2/h3-8,17H,9-11H2,1-2H3,(H,16,19). The third-order valence-corrected chi connectivity index (χ3v) is 4.58. The number of hydrogen-bond acceptors (Lipinski definition) is 6. The van der Waals surface area contributed by atoms with Crippen LogP contribution in [0, 0.1) is 6.92 Å². The van der Waals surface area contributed by atoms with Crippen LogP contribution < -0.4 is 10.0 Å². The monoisotopic (exact) mass is 336 g/mol. The van der Waals surface area contributed by atoms with Gasteiger partial charge in [0.05, 0.1) is 17.2 Å². The molecule has 1 aromatic heterocycles. The van der Waals surface area contributed by atoms with Gasteiger partial charge in [0, 0.05) is 20.2 Å². The van der Waals surface area contributed by atoms with Crippen molar-refractivity contribution in [2.75, 3.05) is 25.6 Å². The molecule has 23 heavy (non-hydrogen) atoms. The molecule has 0 atom stereocenters. The molecule has 2 N–H and O–H groups in total. The van der Waals surface area contributed by atoms with Gasteiger partial charge in [-0.2, -0.15) is 5.10 Å². The fourth-order valence-corrected chi connectivity index (χ4v) is 2.85. The summed E-state index contributed by atoms with van der Waals surface area (Å²) in [6.45, 7) is 2.98. The van der Waals surface area contributed by atoms with Gasteiger partial charge in [0.25, 0.3) is 0 Å². The Morgan fingerprint density at radius 2 is 1.83 bits per heavy atom. The summed E-state index contributed by atoms with van der Waals surface area (Å²) in [4.78, 5) is 0.229. The second kappa shape index (κ2) is 8.00. The van der Waals surface area contributed by atoms with E-state index in [4.69, 9.17) is 4.74 Å². The third-order valence-electron chi connectivity index (χ3n) is 3.10. The Kier molecular flexibility index (Phi) is 6.03. The lowest BCUT2D eigenvalue weighted by molar-refractivity contribution is 0.204. The maximum atomic E-state index is 12.0. The van der Waals surface area contributed by atoms with Crippen molar-refractivity contribution in [3.63, 3.8) is 0 Å². The molecule has 0 aliphatic heterocycles. The molecule has 0 amide bonds. The van der Waals surface area contributed by atoms with E-state index in [1.807, 2.05) is 19.1 Å². The minimum atomic E-state index is -3.49. The lowest BCUT2D eigenvalue weighted by atomic mass is 10.2. The molecule has 1 aromatic carbocycles. The molecule has 0 saturated heterocycles. The third kappa shape index (κ3) is 5.27. The first kappa shape index (κ1) is 17.3. The van der Waals surface area contributed by atoms with Crippen molar-refractivity contribution in [2.45, 2.75) is 18.4 Å². The Bertz CT molecular complexity index is 715. The molecule has 0 fully saturated rings. The van der Waals surface area contributed by atoms with E-state index in [-0.39, 0.29) is 11.4 Å². The maximum absolute atomic E-state index is 12.0. The van der Waals surface area contributed by atoms with Crippen molar-refractivity contribution < 1.29 is 13.2 Å². The van der Waals surface area contributed by atoms with Gasteiger partial charge >= 0.3 is 0 Å². The zero-order valence-corrected chi connectivity index (χ0v) is 13.9. The molecular weight excluding hydrogens is 316 g/mol. The Labute approximate surface area is 136 Å². The van der Waals surface area contributed by atoms with Crippen molar-refractivity contribution >= 4 is 15.8 Å². The second-order valence-electron chi connectivity index (χ2n) is 4.95. The average Bonchev–Trinajstić information content (AvgIpc) is 2.55. The number of anilines is 1. The van der Waals surface area contributed by atoms with E-state index in [9.17, 15) is 8.42 Å². The molecule has 2 rings (SSSR count). The molecular formula is C15H20N4O3S. The highest BCUT2D eigenvalue weighted by Crippen LogP contribution is 2.12. The summed E-state index contributed by atoms with van der Waals surface area (Å²) in [6, 6.07) is 10.4. The van der Waals surface area contributed by atoms with Gasteiger partial charge in [-0.1, -0.05) is 12.1 Å². The highest BCUT2D eigenvalue weighted by molar-refractivity contribution is 7.89. The molecule has 124 valence electrons. The van der Waals surface area contributed by atoms with Crippen LogP contribution in [0.5, 0.6) is 0 Å². The van der Waals surface area contributed by atoms with Gasteiger partial charge in [0.1, 0.15) is 5.82 Å². The van der Waals surface area contributed by atoms with Crippen molar-refractivity contribution in [3.8, 4) is 0 Å². The second-order valence-corrected chi connectivity index (χ2v) is 6.71. The number of benzene rings is 1. The molecule has 0 radical (unpaired) electrons. The normalized spacial score (nSPS) is 11.4. The molecule has 2 aromatic rings. The molecule has 7 nitrogen and oxygen atoms in total. The van der Waals surface area contributed by atoms with E-state index >= 15 is 0 Å². The van der Waals surface area contributed by atoms with Gasteiger partial charge in [-0.15, -0.1) is 5.10 Å². The van der Waals surface area contributed by atoms with Crippen molar-refractivity contribution in [1.82, 2.24) is 14.9 Å². The minimum absolute atomic E-state index is 0.229. The highest BCUT2D eigenvalue weighted by Gasteiger charge is 2.12. The molecule has 8 heteroatoms. The van der Waals surface area contributed by atoms with E-state index in [0.717, 1.165) is 11.3 Å². The SMILES string of the molecule is COCCNS(=O)(=O)c1ccc(CNc2ccc(C)nn2)cc1. The number of aryl methyl sites for hydroxylation is 1. The van der Waals surface area contributed by atoms with Gasteiger partial charge in [-0.3, -0.25) is 0 Å². The van der Waals surface area contributed by atoms with Crippen molar-refractivity contribution in [2.24, 2.45) is 0 Å². The van der Waals surface area contributed by atoms with Gasteiger partial charge in [0.15, 0.2) is 0 Å². The first-order valence-electron chi connectivity index (χ1n) is 7.13. The Morgan fingerprint density at radius 3 is 2.43 bits per heavy atom. The Hall–Kier alpha value is -2.03. The van der Waals surface area contributed by atoms with Gasteiger partial charge in [0.2, 0.25) is 10.0 Å². The quantitative estimate of drug-likeness (QED) is 0.706. The van der Waals surface area contributed by atoms with Gasteiger partial charge in [-0.25, -0.2) is 13.1 Å². The maximum Gasteiger partial charge on any atom is 0.240 e. The van der Waals surface area contributed by atoms with E-state index in [1.165, 1.54) is 7.11 Å². The van der Waals surface area contributed by atoms with Crippen LogP contribution in [0.4, 0.5) is 5.82 Å². The van der Waals surface area contributed by atoms with Crippen LogP contribution >= 0.6 is 0 Å². The summed E-state index contributed by atoms with van der Waals surface area (Å²) in [5.74, 6) is 0.675. The van der Waals surface area contributed by atoms with E-state index < -0.39 is 10.0 Å². The highest BCUT2D eigenvalue weighted by atomic mass is 32.2. The zero-order chi connectivity index (χ0) is 16.7. The van der Waals surface area contributed by atoms with Crippen LogP contribution in [0.25, 0.3) is 0 Å². The van der Waals surface area contributed by atoms with Crippen molar-refractivity contribution in [3.05, 3.63) is 47.7 Å². The Morgan fingerprint density at radius 1 is 1.09 bits per heavy atom. The number of hydrogen-bond donors (Lipinski definition) is 2. The van der Waals surface area contributed by atoms with Gasteiger partial charge < -0.3 is 10.1 Å². The summed E-state index contributed by atoms with van der Waals surface area (Å²) in [5.41, 5.74) is 1.80. The molecule has 0 aliphatic carbocycles. The minimum Gasteiger partial charge on any atom is -0.383 e. The summed E-state index contributed by atoms with van der Waals surface area (Å²) in [7, 11) is -1.97. The number of sulfonamides is 1. The summed E-state index contributed by atoms with van der Waals surface area (Å²) >= 11 is 0. The smallest absolute Gasteiger partial charge is 0.240 e. The number of ether oxygens (including phenoxy) is 1. The molecule has 0 saturated carbocycles. The van der Waals surface area contributed by atoms with Crippen LogP contribution in [0.1, 0.15) is 11.3 Å². The predicted octanol–water partition coefficient (Wildman–Crippen LogP) is 1.32. The number of nitrogens with one attached hydrogen (secondary N) is 2.